The minimum Gasteiger partial charge on any atom is -0.299 e. The molecule has 0 saturated heterocycles. The highest BCUT2D eigenvalue weighted by atomic mass is 16.1. The van der Waals surface area contributed by atoms with Gasteiger partial charge in [-0.2, -0.15) is 0 Å². The van der Waals surface area contributed by atoms with E-state index in [0.29, 0.717) is 6.42 Å². The van der Waals surface area contributed by atoms with Gasteiger partial charge < -0.3 is 0 Å². The summed E-state index contributed by atoms with van der Waals surface area (Å²) in [7, 11) is 0. The van der Waals surface area contributed by atoms with E-state index in [4.69, 9.17) is 0 Å². The molecular formula is C7H12O2. The summed E-state index contributed by atoms with van der Waals surface area (Å²) in [5.74, 6) is -0.403. The Kier molecular flexibility index (Phi) is 3.13. The van der Waals surface area contributed by atoms with Crippen molar-refractivity contribution >= 4 is 11.6 Å². The second kappa shape index (κ2) is 3.38. The van der Waals surface area contributed by atoms with Crippen LogP contribution in [0.2, 0.25) is 0 Å². The minimum absolute atomic E-state index is 0.0301. The fourth-order valence-corrected chi connectivity index (χ4v) is 0.533. The minimum atomic E-state index is -0.394. The average Bonchev–Trinajstić information content (AvgIpc) is 1.84. The summed E-state index contributed by atoms with van der Waals surface area (Å²) in [6, 6.07) is 0. The lowest BCUT2D eigenvalue weighted by Gasteiger charge is -2.01. The second-order valence-corrected chi connectivity index (χ2v) is 2.15. The molecule has 0 unspecified atom stereocenters. The van der Waals surface area contributed by atoms with Gasteiger partial charge >= 0.3 is 0 Å². The van der Waals surface area contributed by atoms with E-state index < -0.39 is 5.92 Å². The zero-order chi connectivity index (χ0) is 7.44. The summed E-state index contributed by atoms with van der Waals surface area (Å²) in [6.07, 6.45) is 0.459. The maximum absolute atomic E-state index is 10.7. The Labute approximate surface area is 55.3 Å². The molecule has 0 rings (SSSR count). The number of Topliss-reactive ketones (excluding diaryl/α,β-unsaturated/α-hetero) is 2. The van der Waals surface area contributed by atoms with Crippen molar-refractivity contribution in [1.82, 2.24) is 0 Å². The van der Waals surface area contributed by atoms with Crippen LogP contribution in [-0.4, -0.2) is 11.6 Å². The smallest absolute Gasteiger partial charge is 0.142 e. The topological polar surface area (TPSA) is 34.1 Å². The molecule has 0 aromatic rings. The maximum Gasteiger partial charge on any atom is 0.142 e. The molecule has 0 aromatic carbocycles. The molecule has 0 saturated carbocycles. The number of hydrogen-bond donors (Lipinski definition) is 0. The van der Waals surface area contributed by atoms with Crippen molar-refractivity contribution < 1.29 is 9.59 Å². The quantitative estimate of drug-likeness (QED) is 0.535. The maximum atomic E-state index is 10.7. The first kappa shape index (κ1) is 8.34. The summed E-state index contributed by atoms with van der Waals surface area (Å²) in [6.45, 7) is 4.86. The lowest BCUT2D eigenvalue weighted by Crippen LogP contribution is -2.16. The van der Waals surface area contributed by atoms with Gasteiger partial charge in [-0.05, 0) is 13.8 Å². The number of carbonyl (C=O) groups is 2. The van der Waals surface area contributed by atoms with E-state index in [9.17, 15) is 9.59 Å². The van der Waals surface area contributed by atoms with E-state index in [1.54, 1.807) is 13.8 Å². The first-order valence-corrected chi connectivity index (χ1v) is 3.12. The molecule has 1 atom stereocenters. The molecule has 0 bridgehead atoms. The molecule has 0 spiro atoms. The second-order valence-electron chi connectivity index (χ2n) is 2.15. The Balaban J connectivity index is 3.88. The van der Waals surface area contributed by atoms with Crippen molar-refractivity contribution in [2.45, 2.75) is 27.2 Å². The Morgan fingerprint density at radius 1 is 1.44 bits per heavy atom. The molecule has 0 aromatic heterocycles. The summed E-state index contributed by atoms with van der Waals surface area (Å²) in [5.41, 5.74) is 0. The van der Waals surface area contributed by atoms with Crippen molar-refractivity contribution in [3.63, 3.8) is 0 Å². The summed E-state index contributed by atoms with van der Waals surface area (Å²) in [5, 5.41) is 0. The van der Waals surface area contributed by atoms with Crippen LogP contribution in [0.4, 0.5) is 0 Å². The molecule has 0 amide bonds. The SMILES string of the molecule is CCC(=O)[C@H](C)C(C)=O. The number of ketones is 2. The lowest BCUT2D eigenvalue weighted by molar-refractivity contribution is -0.130. The predicted octanol–water partition coefficient (Wildman–Crippen LogP) is 1.19. The Bertz CT molecular complexity index is 127. The molecule has 52 valence electrons. The fraction of sp³-hybridized carbons (Fsp3) is 0.714. The number of carbonyl (C=O) groups excluding carboxylic acids is 2. The zero-order valence-electron chi connectivity index (χ0n) is 6.10. The molecular weight excluding hydrogens is 116 g/mol. The molecule has 0 radical (unpaired) electrons. The Morgan fingerprint density at radius 3 is 2.00 bits per heavy atom. The van der Waals surface area contributed by atoms with Crippen molar-refractivity contribution in [1.29, 1.82) is 0 Å². The van der Waals surface area contributed by atoms with Crippen LogP contribution < -0.4 is 0 Å². The van der Waals surface area contributed by atoms with Gasteiger partial charge in [-0.25, -0.2) is 0 Å². The summed E-state index contributed by atoms with van der Waals surface area (Å²) >= 11 is 0. The third-order valence-electron chi connectivity index (χ3n) is 1.44. The van der Waals surface area contributed by atoms with Gasteiger partial charge in [0.1, 0.15) is 11.6 Å². The van der Waals surface area contributed by atoms with Gasteiger partial charge in [0.15, 0.2) is 0 Å². The van der Waals surface area contributed by atoms with Crippen LogP contribution >= 0.6 is 0 Å². The van der Waals surface area contributed by atoms with Gasteiger partial charge in [-0.15, -0.1) is 0 Å². The van der Waals surface area contributed by atoms with Gasteiger partial charge in [0.25, 0.3) is 0 Å². The molecule has 0 aliphatic heterocycles. The lowest BCUT2D eigenvalue weighted by atomic mass is 10.0. The average molecular weight is 128 g/mol. The number of rotatable bonds is 3. The van der Waals surface area contributed by atoms with Crippen LogP contribution in [0, 0.1) is 5.92 Å². The normalized spacial score (nSPS) is 12.8. The summed E-state index contributed by atoms with van der Waals surface area (Å²) in [4.78, 5) is 21.3. The van der Waals surface area contributed by atoms with Gasteiger partial charge in [-0.1, -0.05) is 6.92 Å². The molecule has 0 aliphatic rings. The van der Waals surface area contributed by atoms with Crippen LogP contribution in [0.25, 0.3) is 0 Å². The van der Waals surface area contributed by atoms with Crippen molar-refractivity contribution in [3.8, 4) is 0 Å². The van der Waals surface area contributed by atoms with Crippen LogP contribution in [-0.2, 0) is 9.59 Å². The fourth-order valence-electron chi connectivity index (χ4n) is 0.533. The van der Waals surface area contributed by atoms with E-state index >= 15 is 0 Å². The zero-order valence-corrected chi connectivity index (χ0v) is 6.10. The Hall–Kier alpha value is -0.660. The molecule has 2 nitrogen and oxygen atoms in total. The highest BCUT2D eigenvalue weighted by Gasteiger charge is 2.14. The van der Waals surface area contributed by atoms with Crippen LogP contribution in [0.15, 0.2) is 0 Å². The first-order valence-electron chi connectivity index (χ1n) is 3.12. The molecule has 0 heterocycles. The molecule has 2 heteroatoms. The highest BCUT2D eigenvalue weighted by Crippen LogP contribution is 2.00. The van der Waals surface area contributed by atoms with Crippen molar-refractivity contribution in [2.24, 2.45) is 5.92 Å². The van der Waals surface area contributed by atoms with Gasteiger partial charge in [0, 0.05) is 6.42 Å². The van der Waals surface area contributed by atoms with E-state index in [1.165, 1.54) is 6.92 Å². The largest absolute Gasteiger partial charge is 0.299 e. The molecule has 0 N–H and O–H groups in total. The van der Waals surface area contributed by atoms with E-state index in [1.807, 2.05) is 0 Å². The molecule has 0 fully saturated rings. The van der Waals surface area contributed by atoms with Gasteiger partial charge in [0.2, 0.25) is 0 Å². The molecule has 9 heavy (non-hydrogen) atoms. The van der Waals surface area contributed by atoms with Crippen LogP contribution in [0.5, 0.6) is 0 Å². The van der Waals surface area contributed by atoms with Gasteiger partial charge in [0.05, 0.1) is 5.92 Å². The van der Waals surface area contributed by atoms with E-state index in [0.717, 1.165) is 0 Å². The van der Waals surface area contributed by atoms with Crippen LogP contribution in [0.1, 0.15) is 27.2 Å². The van der Waals surface area contributed by atoms with E-state index in [2.05, 4.69) is 0 Å². The monoisotopic (exact) mass is 128 g/mol. The van der Waals surface area contributed by atoms with Crippen molar-refractivity contribution in [3.05, 3.63) is 0 Å². The Morgan fingerprint density at radius 2 is 1.89 bits per heavy atom. The van der Waals surface area contributed by atoms with E-state index in [-0.39, 0.29) is 11.6 Å². The van der Waals surface area contributed by atoms with Crippen molar-refractivity contribution in [2.75, 3.05) is 0 Å². The standard InChI is InChI=1S/C7H12O2/c1-4-7(9)5(2)6(3)8/h5H,4H2,1-3H3/t5-/m1/s1. The third kappa shape index (κ3) is 2.40. The predicted molar refractivity (Wildman–Crippen MR) is 35.1 cm³/mol. The summed E-state index contributed by atoms with van der Waals surface area (Å²) < 4.78 is 0. The van der Waals surface area contributed by atoms with Crippen LogP contribution in [0.3, 0.4) is 0 Å². The highest BCUT2D eigenvalue weighted by molar-refractivity contribution is 6.00. The first-order chi connectivity index (χ1) is 4.09. The number of hydrogen-bond acceptors (Lipinski definition) is 2. The third-order valence-corrected chi connectivity index (χ3v) is 1.44. The molecule has 0 aliphatic carbocycles. The van der Waals surface area contributed by atoms with Gasteiger partial charge in [-0.3, -0.25) is 9.59 Å².